The van der Waals surface area contributed by atoms with E-state index in [0.717, 1.165) is 0 Å². The highest BCUT2D eigenvalue weighted by molar-refractivity contribution is 6.42. The molecule has 0 radical (unpaired) electrons. The van der Waals surface area contributed by atoms with Crippen LogP contribution in [0.5, 0.6) is 5.75 Å². The van der Waals surface area contributed by atoms with Gasteiger partial charge in [-0.15, -0.1) is 0 Å². The first-order valence-corrected chi connectivity index (χ1v) is 7.62. The van der Waals surface area contributed by atoms with Gasteiger partial charge in [0.15, 0.2) is 6.10 Å². The SMILES string of the molecule is O=C1OC(C(O)CO)[C@@H]2C[C@H](c3c(O)ccc(Cl)c3Cl)CN12. The number of aliphatic hydroxyl groups is 2. The average Bonchev–Trinajstić information content (AvgIpc) is 3.04. The van der Waals surface area contributed by atoms with Gasteiger partial charge in [-0.2, -0.15) is 0 Å². The van der Waals surface area contributed by atoms with E-state index in [1.165, 1.54) is 17.0 Å². The van der Waals surface area contributed by atoms with E-state index in [2.05, 4.69) is 0 Å². The molecule has 1 aromatic carbocycles. The summed E-state index contributed by atoms with van der Waals surface area (Å²) in [6, 6.07) is 2.60. The van der Waals surface area contributed by atoms with Gasteiger partial charge in [-0.3, -0.25) is 0 Å². The lowest BCUT2D eigenvalue weighted by Crippen LogP contribution is -2.39. The molecule has 1 amide bonds. The molecule has 2 aliphatic rings. The van der Waals surface area contributed by atoms with Crippen LogP contribution in [0.1, 0.15) is 17.9 Å². The molecule has 0 bridgehead atoms. The Kier molecular flexibility index (Phi) is 4.11. The number of rotatable bonds is 3. The summed E-state index contributed by atoms with van der Waals surface area (Å²) in [6.45, 7) is -0.179. The summed E-state index contributed by atoms with van der Waals surface area (Å²) in [4.78, 5) is 13.4. The Labute approximate surface area is 136 Å². The zero-order valence-electron chi connectivity index (χ0n) is 11.4. The first-order valence-electron chi connectivity index (χ1n) is 6.87. The van der Waals surface area contributed by atoms with E-state index in [4.69, 9.17) is 33.0 Å². The fraction of sp³-hybridized carbons (Fsp3) is 0.500. The van der Waals surface area contributed by atoms with Crippen molar-refractivity contribution in [3.8, 4) is 5.75 Å². The van der Waals surface area contributed by atoms with E-state index >= 15 is 0 Å². The topological polar surface area (TPSA) is 90.2 Å². The van der Waals surface area contributed by atoms with Crippen molar-refractivity contribution in [1.29, 1.82) is 0 Å². The van der Waals surface area contributed by atoms with Gasteiger partial charge < -0.3 is 25.0 Å². The van der Waals surface area contributed by atoms with Crippen molar-refractivity contribution in [3.63, 3.8) is 0 Å². The second kappa shape index (κ2) is 5.77. The summed E-state index contributed by atoms with van der Waals surface area (Å²) < 4.78 is 5.10. The van der Waals surface area contributed by atoms with Crippen LogP contribution in [-0.2, 0) is 4.74 Å². The Morgan fingerprint density at radius 2 is 2.14 bits per heavy atom. The Hall–Kier alpha value is -1.21. The van der Waals surface area contributed by atoms with Gasteiger partial charge in [0.25, 0.3) is 0 Å². The zero-order valence-corrected chi connectivity index (χ0v) is 13.0. The number of benzene rings is 1. The van der Waals surface area contributed by atoms with E-state index in [1.54, 1.807) is 0 Å². The van der Waals surface area contributed by atoms with Crippen LogP contribution < -0.4 is 0 Å². The summed E-state index contributed by atoms with van der Waals surface area (Å²) in [5.41, 5.74) is 0.494. The van der Waals surface area contributed by atoms with Crippen LogP contribution in [0.3, 0.4) is 0 Å². The van der Waals surface area contributed by atoms with Gasteiger partial charge >= 0.3 is 6.09 Å². The third kappa shape index (κ3) is 2.40. The minimum absolute atomic E-state index is 0.0215. The molecule has 4 atom stereocenters. The maximum Gasteiger partial charge on any atom is 0.410 e. The van der Waals surface area contributed by atoms with Crippen LogP contribution in [0.25, 0.3) is 0 Å². The molecule has 0 aliphatic carbocycles. The maximum absolute atomic E-state index is 11.9. The third-order valence-corrected chi connectivity index (χ3v) is 5.10. The standard InChI is InChI=1S/C14H15Cl2NO5/c15-7-1-2-9(19)11(12(7)16)6-3-8-13(10(20)5-18)22-14(21)17(8)4-6/h1-2,6,8,10,13,18-20H,3-5H2/t6-,8-,10?,13?/m0/s1. The lowest BCUT2D eigenvalue weighted by molar-refractivity contribution is -0.0135. The van der Waals surface area contributed by atoms with Crippen molar-refractivity contribution in [1.82, 2.24) is 4.90 Å². The number of nitrogens with zero attached hydrogens (tertiary/aromatic N) is 1. The van der Waals surface area contributed by atoms with Crippen LogP contribution in [0.15, 0.2) is 12.1 Å². The predicted octanol–water partition coefficient (Wildman–Crippen LogP) is 1.73. The fourth-order valence-electron chi connectivity index (χ4n) is 3.24. The van der Waals surface area contributed by atoms with Gasteiger partial charge in [0.2, 0.25) is 0 Å². The van der Waals surface area contributed by atoms with Crippen molar-refractivity contribution in [3.05, 3.63) is 27.7 Å². The van der Waals surface area contributed by atoms with Crippen LogP contribution in [0.4, 0.5) is 4.79 Å². The smallest absolute Gasteiger partial charge is 0.410 e. The molecule has 6 nitrogen and oxygen atoms in total. The Morgan fingerprint density at radius 3 is 2.82 bits per heavy atom. The number of amides is 1. The number of aliphatic hydroxyl groups excluding tert-OH is 2. The summed E-state index contributed by atoms with van der Waals surface area (Å²) >= 11 is 12.2. The number of phenols is 1. The van der Waals surface area contributed by atoms with Gasteiger partial charge in [0.05, 0.1) is 22.7 Å². The molecule has 120 valence electrons. The van der Waals surface area contributed by atoms with Crippen LogP contribution >= 0.6 is 23.2 Å². The molecule has 0 spiro atoms. The van der Waals surface area contributed by atoms with Gasteiger partial charge in [-0.1, -0.05) is 23.2 Å². The predicted molar refractivity (Wildman–Crippen MR) is 79.3 cm³/mol. The molecule has 2 aliphatic heterocycles. The van der Waals surface area contributed by atoms with Gasteiger partial charge in [-0.05, 0) is 18.6 Å². The van der Waals surface area contributed by atoms with Crippen molar-refractivity contribution >= 4 is 29.3 Å². The molecule has 22 heavy (non-hydrogen) atoms. The second-order valence-corrected chi connectivity index (χ2v) is 6.33. The van der Waals surface area contributed by atoms with E-state index in [1.807, 2.05) is 0 Å². The Bertz CT molecular complexity index is 611. The number of ether oxygens (including phenoxy) is 1. The van der Waals surface area contributed by atoms with Crippen molar-refractivity contribution < 1.29 is 24.9 Å². The minimum Gasteiger partial charge on any atom is -0.508 e. The summed E-state index contributed by atoms with van der Waals surface area (Å²) in [6.07, 6.45) is -2.01. The zero-order chi connectivity index (χ0) is 16.0. The Morgan fingerprint density at radius 1 is 1.41 bits per heavy atom. The van der Waals surface area contributed by atoms with Crippen molar-refractivity contribution in [2.45, 2.75) is 30.6 Å². The van der Waals surface area contributed by atoms with E-state index in [-0.39, 0.29) is 22.7 Å². The maximum atomic E-state index is 11.9. The number of halogens is 2. The summed E-state index contributed by atoms with van der Waals surface area (Å²) in [7, 11) is 0. The quantitative estimate of drug-likeness (QED) is 0.774. The van der Waals surface area contributed by atoms with Crippen molar-refractivity contribution in [2.75, 3.05) is 13.2 Å². The third-order valence-electron chi connectivity index (χ3n) is 4.28. The van der Waals surface area contributed by atoms with Crippen LogP contribution in [-0.4, -0.2) is 57.7 Å². The molecule has 3 rings (SSSR count). The number of carbonyl (C=O) groups excluding carboxylic acids is 1. The highest BCUT2D eigenvalue weighted by Gasteiger charge is 2.51. The van der Waals surface area contributed by atoms with Crippen molar-refractivity contribution in [2.24, 2.45) is 0 Å². The van der Waals surface area contributed by atoms with Gasteiger partial charge in [0, 0.05) is 18.0 Å². The highest BCUT2D eigenvalue weighted by Crippen LogP contribution is 2.45. The molecule has 2 unspecified atom stereocenters. The number of fused-ring (bicyclic) bond motifs is 1. The number of phenolic OH excluding ortho intramolecular Hbond substituents is 1. The molecular formula is C14H15Cl2NO5. The molecule has 2 heterocycles. The van der Waals surface area contributed by atoms with E-state index in [9.17, 15) is 15.0 Å². The van der Waals surface area contributed by atoms with Crippen LogP contribution in [0, 0.1) is 0 Å². The molecule has 3 N–H and O–H groups in total. The van der Waals surface area contributed by atoms with Gasteiger partial charge in [-0.25, -0.2) is 4.79 Å². The minimum atomic E-state index is -1.14. The number of hydrogen-bond donors (Lipinski definition) is 3. The lowest BCUT2D eigenvalue weighted by atomic mass is 9.92. The summed E-state index contributed by atoms with van der Waals surface area (Å²) in [5, 5.41) is 29.5. The van der Waals surface area contributed by atoms with E-state index < -0.39 is 24.9 Å². The largest absolute Gasteiger partial charge is 0.508 e. The molecule has 2 fully saturated rings. The molecule has 0 aromatic heterocycles. The second-order valence-electron chi connectivity index (χ2n) is 5.54. The molecule has 8 heteroatoms. The first kappa shape index (κ1) is 15.7. The monoisotopic (exact) mass is 347 g/mol. The highest BCUT2D eigenvalue weighted by atomic mass is 35.5. The normalized spacial score (nSPS) is 28.6. The first-order chi connectivity index (χ1) is 10.4. The number of aromatic hydroxyl groups is 1. The van der Waals surface area contributed by atoms with Gasteiger partial charge in [0.1, 0.15) is 11.9 Å². The van der Waals surface area contributed by atoms with Crippen LogP contribution in [0.2, 0.25) is 10.0 Å². The number of cyclic esters (lactones) is 1. The summed E-state index contributed by atoms with van der Waals surface area (Å²) in [5.74, 6) is -0.189. The number of carbonyl (C=O) groups is 1. The molecule has 1 aromatic rings. The molecule has 0 saturated carbocycles. The Balaban J connectivity index is 1.89. The lowest BCUT2D eigenvalue weighted by Gasteiger charge is -2.20. The average molecular weight is 348 g/mol. The molecular weight excluding hydrogens is 333 g/mol. The molecule has 2 saturated heterocycles. The van der Waals surface area contributed by atoms with E-state index in [0.29, 0.717) is 23.6 Å². The number of hydrogen-bond acceptors (Lipinski definition) is 5. The fourth-order valence-corrected chi connectivity index (χ4v) is 3.72.